The Balaban J connectivity index is 1.93. The lowest BCUT2D eigenvalue weighted by Crippen LogP contribution is -2.27. The normalized spacial score (nSPS) is 19.3. The van der Waals surface area contributed by atoms with Crippen LogP contribution in [0.4, 0.5) is 10.1 Å². The Labute approximate surface area is 100 Å². The first-order valence-electron chi connectivity index (χ1n) is 5.94. The Morgan fingerprint density at radius 1 is 1.59 bits per heavy atom. The molecule has 1 amide bonds. The van der Waals surface area contributed by atoms with Gasteiger partial charge in [-0.3, -0.25) is 4.79 Å². The molecular formula is C13H17FN2O. The Kier molecular flexibility index (Phi) is 3.74. The van der Waals surface area contributed by atoms with Gasteiger partial charge < -0.3 is 10.6 Å². The molecule has 0 radical (unpaired) electrons. The van der Waals surface area contributed by atoms with Crippen LogP contribution in [0.15, 0.2) is 18.2 Å². The summed E-state index contributed by atoms with van der Waals surface area (Å²) in [7, 11) is 0. The van der Waals surface area contributed by atoms with Crippen molar-refractivity contribution in [3.8, 4) is 0 Å². The van der Waals surface area contributed by atoms with Gasteiger partial charge in [0.25, 0.3) is 0 Å². The molecule has 1 fully saturated rings. The third-order valence-electron chi connectivity index (χ3n) is 2.99. The second-order valence-electron chi connectivity index (χ2n) is 4.53. The predicted octanol–water partition coefficient (Wildman–Crippen LogP) is 2.21. The standard InChI is InChI=1S/C13H17FN2O/c1-9-4-5-12(11(14)7-9)16-13(17)8-10-3-2-6-15-10/h4-5,7,10,15H,2-3,6,8H2,1H3,(H,16,17). The van der Waals surface area contributed by atoms with Crippen LogP contribution in [0.25, 0.3) is 0 Å². The van der Waals surface area contributed by atoms with Gasteiger partial charge in [0.1, 0.15) is 5.82 Å². The van der Waals surface area contributed by atoms with Crippen LogP contribution >= 0.6 is 0 Å². The molecule has 2 rings (SSSR count). The van der Waals surface area contributed by atoms with E-state index in [4.69, 9.17) is 0 Å². The largest absolute Gasteiger partial charge is 0.324 e. The van der Waals surface area contributed by atoms with E-state index in [1.54, 1.807) is 12.1 Å². The maximum atomic E-state index is 13.5. The summed E-state index contributed by atoms with van der Waals surface area (Å²) in [5.41, 5.74) is 1.11. The number of anilines is 1. The van der Waals surface area contributed by atoms with E-state index in [1.807, 2.05) is 6.92 Å². The lowest BCUT2D eigenvalue weighted by Gasteiger charge is -2.11. The Morgan fingerprint density at radius 3 is 3.06 bits per heavy atom. The van der Waals surface area contributed by atoms with E-state index in [-0.39, 0.29) is 23.5 Å². The molecule has 1 aliphatic heterocycles. The molecule has 1 heterocycles. The van der Waals surface area contributed by atoms with Crippen molar-refractivity contribution in [3.63, 3.8) is 0 Å². The quantitative estimate of drug-likeness (QED) is 0.844. The van der Waals surface area contributed by atoms with Crippen molar-refractivity contribution in [3.05, 3.63) is 29.6 Å². The van der Waals surface area contributed by atoms with E-state index in [9.17, 15) is 9.18 Å². The van der Waals surface area contributed by atoms with E-state index in [2.05, 4.69) is 10.6 Å². The van der Waals surface area contributed by atoms with E-state index < -0.39 is 0 Å². The fourth-order valence-electron chi connectivity index (χ4n) is 2.08. The average Bonchev–Trinajstić information content (AvgIpc) is 2.75. The predicted molar refractivity (Wildman–Crippen MR) is 65.4 cm³/mol. The van der Waals surface area contributed by atoms with Gasteiger partial charge in [0.05, 0.1) is 5.69 Å². The highest BCUT2D eigenvalue weighted by Gasteiger charge is 2.18. The zero-order chi connectivity index (χ0) is 12.3. The lowest BCUT2D eigenvalue weighted by molar-refractivity contribution is -0.116. The van der Waals surface area contributed by atoms with Gasteiger partial charge in [-0.2, -0.15) is 0 Å². The summed E-state index contributed by atoms with van der Waals surface area (Å²) in [5.74, 6) is -0.509. The number of hydrogen-bond donors (Lipinski definition) is 2. The van der Waals surface area contributed by atoms with Crippen LogP contribution in [-0.2, 0) is 4.79 Å². The van der Waals surface area contributed by atoms with Crippen molar-refractivity contribution in [1.82, 2.24) is 5.32 Å². The number of aryl methyl sites for hydroxylation is 1. The van der Waals surface area contributed by atoms with Gasteiger partial charge in [0.15, 0.2) is 0 Å². The second-order valence-corrected chi connectivity index (χ2v) is 4.53. The molecular weight excluding hydrogens is 219 g/mol. The highest BCUT2D eigenvalue weighted by atomic mass is 19.1. The summed E-state index contributed by atoms with van der Waals surface area (Å²) < 4.78 is 13.5. The number of halogens is 1. The van der Waals surface area contributed by atoms with Crippen LogP contribution < -0.4 is 10.6 Å². The Hall–Kier alpha value is -1.42. The fourth-order valence-corrected chi connectivity index (χ4v) is 2.08. The van der Waals surface area contributed by atoms with Crippen molar-refractivity contribution in [1.29, 1.82) is 0 Å². The Bertz CT molecular complexity index is 414. The lowest BCUT2D eigenvalue weighted by atomic mass is 10.1. The number of carbonyl (C=O) groups is 1. The molecule has 0 spiro atoms. The third-order valence-corrected chi connectivity index (χ3v) is 2.99. The van der Waals surface area contributed by atoms with Crippen molar-refractivity contribution in [2.45, 2.75) is 32.2 Å². The minimum Gasteiger partial charge on any atom is -0.324 e. The van der Waals surface area contributed by atoms with Crippen LogP contribution in [0.5, 0.6) is 0 Å². The van der Waals surface area contributed by atoms with Gasteiger partial charge in [-0.25, -0.2) is 4.39 Å². The molecule has 1 aliphatic rings. The first kappa shape index (κ1) is 12.0. The smallest absolute Gasteiger partial charge is 0.226 e. The summed E-state index contributed by atoms with van der Waals surface area (Å²) in [6.45, 7) is 2.79. The maximum Gasteiger partial charge on any atom is 0.226 e. The van der Waals surface area contributed by atoms with Gasteiger partial charge >= 0.3 is 0 Å². The summed E-state index contributed by atoms with van der Waals surface area (Å²) in [4.78, 5) is 11.7. The molecule has 1 atom stereocenters. The summed E-state index contributed by atoms with van der Waals surface area (Å²) in [6.07, 6.45) is 2.54. The van der Waals surface area contributed by atoms with Crippen molar-refractivity contribution >= 4 is 11.6 Å². The summed E-state index contributed by atoms with van der Waals surface area (Å²) in [5, 5.41) is 5.85. The van der Waals surface area contributed by atoms with Crippen LogP contribution in [0.3, 0.4) is 0 Å². The first-order chi connectivity index (χ1) is 8.15. The zero-order valence-electron chi connectivity index (χ0n) is 9.92. The molecule has 0 aliphatic carbocycles. The molecule has 17 heavy (non-hydrogen) atoms. The average molecular weight is 236 g/mol. The topological polar surface area (TPSA) is 41.1 Å². The minimum atomic E-state index is -0.377. The first-order valence-corrected chi connectivity index (χ1v) is 5.94. The van der Waals surface area contributed by atoms with Crippen LogP contribution in [0.2, 0.25) is 0 Å². The maximum absolute atomic E-state index is 13.5. The van der Waals surface area contributed by atoms with Crippen LogP contribution in [0.1, 0.15) is 24.8 Å². The van der Waals surface area contributed by atoms with E-state index >= 15 is 0 Å². The zero-order valence-corrected chi connectivity index (χ0v) is 9.92. The van der Waals surface area contributed by atoms with Gasteiger partial charge in [-0.1, -0.05) is 6.07 Å². The van der Waals surface area contributed by atoms with Gasteiger partial charge in [-0.05, 0) is 44.0 Å². The highest BCUT2D eigenvalue weighted by molar-refractivity contribution is 5.91. The Morgan fingerprint density at radius 2 is 2.41 bits per heavy atom. The number of amides is 1. The number of benzene rings is 1. The van der Waals surface area contributed by atoms with Crippen molar-refractivity contribution < 1.29 is 9.18 Å². The monoisotopic (exact) mass is 236 g/mol. The molecule has 0 saturated carbocycles. The molecule has 2 N–H and O–H groups in total. The molecule has 0 bridgehead atoms. The number of nitrogens with one attached hydrogen (secondary N) is 2. The van der Waals surface area contributed by atoms with Crippen molar-refractivity contribution in [2.24, 2.45) is 0 Å². The molecule has 0 aromatic heterocycles. The number of carbonyl (C=O) groups excluding carboxylic acids is 1. The SMILES string of the molecule is Cc1ccc(NC(=O)CC2CCCN2)c(F)c1. The molecule has 1 unspecified atom stereocenters. The molecule has 3 nitrogen and oxygen atoms in total. The summed E-state index contributed by atoms with van der Waals surface area (Å²) >= 11 is 0. The van der Waals surface area contributed by atoms with E-state index in [0.717, 1.165) is 24.9 Å². The second kappa shape index (κ2) is 5.27. The highest BCUT2D eigenvalue weighted by Crippen LogP contribution is 2.16. The van der Waals surface area contributed by atoms with Gasteiger partial charge in [0.2, 0.25) is 5.91 Å². The number of rotatable bonds is 3. The number of hydrogen-bond acceptors (Lipinski definition) is 2. The van der Waals surface area contributed by atoms with E-state index in [1.165, 1.54) is 6.07 Å². The van der Waals surface area contributed by atoms with Gasteiger partial charge in [0, 0.05) is 12.5 Å². The molecule has 1 aromatic carbocycles. The molecule has 4 heteroatoms. The molecule has 92 valence electrons. The fraction of sp³-hybridized carbons (Fsp3) is 0.462. The minimum absolute atomic E-state index is 0.132. The summed E-state index contributed by atoms with van der Waals surface area (Å²) in [6, 6.07) is 5.05. The van der Waals surface area contributed by atoms with Crippen LogP contribution in [-0.4, -0.2) is 18.5 Å². The van der Waals surface area contributed by atoms with E-state index in [0.29, 0.717) is 6.42 Å². The van der Waals surface area contributed by atoms with Crippen LogP contribution in [0, 0.1) is 12.7 Å². The third kappa shape index (κ3) is 3.27. The van der Waals surface area contributed by atoms with Gasteiger partial charge in [-0.15, -0.1) is 0 Å². The molecule has 1 aromatic rings. The molecule has 1 saturated heterocycles. The van der Waals surface area contributed by atoms with Crippen molar-refractivity contribution in [2.75, 3.05) is 11.9 Å².